The summed E-state index contributed by atoms with van der Waals surface area (Å²) in [6, 6.07) is 12.7. The Hall–Kier alpha value is -3.17. The van der Waals surface area contributed by atoms with Crippen LogP contribution in [0.3, 0.4) is 0 Å². The van der Waals surface area contributed by atoms with Gasteiger partial charge in [-0.25, -0.2) is 14.8 Å². The van der Waals surface area contributed by atoms with E-state index < -0.39 is 16.9 Å². The van der Waals surface area contributed by atoms with E-state index in [2.05, 4.69) is 4.99 Å². The van der Waals surface area contributed by atoms with Crippen LogP contribution in [-0.4, -0.2) is 32.7 Å². The molecule has 0 saturated heterocycles. The molecule has 0 spiro atoms. The van der Waals surface area contributed by atoms with Crippen molar-refractivity contribution in [3.63, 3.8) is 0 Å². The molecule has 1 unspecified atom stereocenters. The van der Waals surface area contributed by atoms with E-state index in [0.29, 0.717) is 32.1 Å². The van der Waals surface area contributed by atoms with Crippen molar-refractivity contribution in [2.24, 2.45) is 10.1 Å². The first kappa shape index (κ1) is 21.1. The molecule has 2 heterocycles. The molecular weight excluding hydrogens is 440 g/mol. The van der Waals surface area contributed by atoms with Gasteiger partial charge in [-0.15, -0.1) is 0 Å². The number of rotatable bonds is 5. The van der Waals surface area contributed by atoms with E-state index in [4.69, 9.17) is 21.4 Å². The van der Waals surface area contributed by atoms with Crippen molar-refractivity contribution in [3.05, 3.63) is 86.1 Å². The van der Waals surface area contributed by atoms with Crippen LogP contribution >= 0.6 is 23.4 Å². The van der Waals surface area contributed by atoms with Crippen molar-refractivity contribution in [1.82, 2.24) is 5.01 Å². The molecule has 2 aromatic rings. The number of non-ortho nitro benzene ring substituents is 1. The van der Waals surface area contributed by atoms with Crippen LogP contribution in [0.4, 0.5) is 5.69 Å². The molecule has 0 fully saturated rings. The monoisotopic (exact) mass is 456 g/mol. The summed E-state index contributed by atoms with van der Waals surface area (Å²) in [5.74, 6) is -0.528. The minimum atomic E-state index is -0.705. The molecule has 0 saturated carbocycles. The third-order valence-electron chi connectivity index (χ3n) is 4.74. The van der Waals surface area contributed by atoms with Crippen molar-refractivity contribution in [2.45, 2.75) is 19.9 Å². The Balaban J connectivity index is 1.83. The van der Waals surface area contributed by atoms with Gasteiger partial charge in [0.1, 0.15) is 11.1 Å². The zero-order valence-electron chi connectivity index (χ0n) is 16.6. The number of nitro groups is 1. The van der Waals surface area contributed by atoms with Crippen LogP contribution in [0.25, 0.3) is 0 Å². The molecule has 8 nitrogen and oxygen atoms in total. The molecule has 2 aliphatic heterocycles. The van der Waals surface area contributed by atoms with Crippen molar-refractivity contribution >= 4 is 45.2 Å². The lowest BCUT2D eigenvalue weighted by Crippen LogP contribution is -2.34. The number of hydrogen-bond acceptors (Lipinski definition) is 8. The summed E-state index contributed by atoms with van der Waals surface area (Å²) < 4.78 is 5.26. The van der Waals surface area contributed by atoms with Crippen molar-refractivity contribution in [1.29, 1.82) is 0 Å². The van der Waals surface area contributed by atoms with E-state index in [1.54, 1.807) is 43.1 Å². The average Bonchev–Trinajstić information content (AvgIpc) is 3.16. The molecule has 0 N–H and O–H groups in total. The van der Waals surface area contributed by atoms with Gasteiger partial charge < -0.3 is 4.74 Å². The quantitative estimate of drug-likeness (QED) is 0.360. The van der Waals surface area contributed by atoms with Crippen molar-refractivity contribution < 1.29 is 14.5 Å². The van der Waals surface area contributed by atoms with Gasteiger partial charge in [-0.1, -0.05) is 35.9 Å². The van der Waals surface area contributed by atoms with Gasteiger partial charge in [-0.05, 0) is 43.3 Å². The van der Waals surface area contributed by atoms with Crippen LogP contribution in [0.15, 0.2) is 69.9 Å². The largest absolute Gasteiger partial charge is 0.463 e. The number of halogens is 1. The first-order chi connectivity index (χ1) is 14.9. The summed E-state index contributed by atoms with van der Waals surface area (Å²) in [5.41, 5.74) is 2.11. The molecule has 0 bridgehead atoms. The number of nitro benzene ring substituents is 1. The molecule has 4 rings (SSSR count). The van der Waals surface area contributed by atoms with Crippen LogP contribution in [0.5, 0.6) is 0 Å². The minimum Gasteiger partial charge on any atom is -0.463 e. The highest BCUT2D eigenvalue weighted by Gasteiger charge is 2.41. The fourth-order valence-electron chi connectivity index (χ4n) is 3.35. The molecule has 10 heteroatoms. The Bertz CT molecular complexity index is 1160. The number of esters is 1. The highest BCUT2D eigenvalue weighted by molar-refractivity contribution is 8.27. The topological polar surface area (TPSA) is 97.4 Å². The summed E-state index contributed by atoms with van der Waals surface area (Å²) in [7, 11) is 0. The minimum absolute atomic E-state index is 0.0730. The number of amidine groups is 1. The molecule has 0 radical (unpaired) electrons. The molecule has 0 amide bonds. The van der Waals surface area contributed by atoms with Crippen LogP contribution in [-0.2, 0) is 9.53 Å². The maximum Gasteiger partial charge on any atom is 0.338 e. The van der Waals surface area contributed by atoms with E-state index in [1.165, 1.54) is 23.9 Å². The SMILES string of the molecule is CCOC(=O)C1=C(C)N=C2SC(c3ccc(Cl)cc3)=NN2C1c1cccc([N+](=O)[O-])c1. The van der Waals surface area contributed by atoms with E-state index >= 15 is 0 Å². The summed E-state index contributed by atoms with van der Waals surface area (Å²) in [6.07, 6.45) is 0. The second-order valence-corrected chi connectivity index (χ2v) is 8.12. The molecule has 31 heavy (non-hydrogen) atoms. The van der Waals surface area contributed by atoms with Crippen LogP contribution in [0, 0.1) is 10.1 Å². The van der Waals surface area contributed by atoms with Crippen LogP contribution in [0.2, 0.25) is 5.02 Å². The smallest absolute Gasteiger partial charge is 0.338 e. The highest BCUT2D eigenvalue weighted by atomic mass is 35.5. The maximum atomic E-state index is 12.8. The normalized spacial score (nSPS) is 17.8. The van der Waals surface area contributed by atoms with Crippen molar-refractivity contribution in [2.75, 3.05) is 6.61 Å². The van der Waals surface area contributed by atoms with Crippen LogP contribution in [0.1, 0.15) is 31.0 Å². The maximum absolute atomic E-state index is 12.8. The third-order valence-corrected chi connectivity index (χ3v) is 5.96. The van der Waals surface area contributed by atoms with Gasteiger partial charge in [0, 0.05) is 22.7 Å². The van der Waals surface area contributed by atoms with Crippen molar-refractivity contribution in [3.8, 4) is 0 Å². The number of hydrogen-bond donors (Lipinski definition) is 0. The first-order valence-corrected chi connectivity index (χ1v) is 10.6. The molecular formula is C21H17ClN4O4S. The molecule has 0 aromatic heterocycles. The van der Waals surface area contributed by atoms with Gasteiger partial charge in [-0.2, -0.15) is 5.10 Å². The Morgan fingerprint density at radius 1 is 1.29 bits per heavy atom. The lowest BCUT2D eigenvalue weighted by molar-refractivity contribution is -0.384. The number of allylic oxidation sites excluding steroid dienone is 1. The van der Waals surface area contributed by atoms with Gasteiger partial charge in [0.2, 0.25) is 0 Å². The number of hydrazone groups is 1. The number of benzene rings is 2. The second-order valence-electron chi connectivity index (χ2n) is 6.73. The Morgan fingerprint density at radius 2 is 2.03 bits per heavy atom. The van der Waals surface area contributed by atoms with E-state index in [9.17, 15) is 14.9 Å². The zero-order valence-corrected chi connectivity index (χ0v) is 18.2. The number of nitrogens with zero attached hydrogens (tertiary/aromatic N) is 4. The fourth-order valence-corrected chi connectivity index (χ4v) is 4.46. The second kappa shape index (κ2) is 8.52. The lowest BCUT2D eigenvalue weighted by Gasteiger charge is -2.31. The Labute approximate surface area is 187 Å². The predicted octanol–water partition coefficient (Wildman–Crippen LogP) is 4.91. The van der Waals surface area contributed by atoms with Gasteiger partial charge in [0.25, 0.3) is 5.69 Å². The fraction of sp³-hybridized carbons (Fsp3) is 0.190. The number of ether oxygens (including phenoxy) is 1. The summed E-state index contributed by atoms with van der Waals surface area (Å²) in [6.45, 7) is 3.64. The van der Waals surface area contributed by atoms with Gasteiger partial charge >= 0.3 is 5.97 Å². The summed E-state index contributed by atoms with van der Waals surface area (Å²) in [5, 5.41) is 19.5. The van der Waals surface area contributed by atoms with Gasteiger partial charge in [-0.3, -0.25) is 10.1 Å². The lowest BCUT2D eigenvalue weighted by atomic mass is 9.95. The van der Waals surface area contributed by atoms with Crippen LogP contribution < -0.4 is 0 Å². The van der Waals surface area contributed by atoms with E-state index in [-0.39, 0.29) is 12.3 Å². The van der Waals surface area contributed by atoms with E-state index in [0.717, 1.165) is 5.56 Å². The Morgan fingerprint density at radius 3 is 2.71 bits per heavy atom. The van der Waals surface area contributed by atoms with E-state index in [1.807, 2.05) is 12.1 Å². The molecule has 1 atom stereocenters. The summed E-state index contributed by atoms with van der Waals surface area (Å²) >= 11 is 7.35. The highest BCUT2D eigenvalue weighted by Crippen LogP contribution is 2.42. The number of carbonyl (C=O) groups is 1. The standard InChI is InChI=1S/C21H17ClN4O4S/c1-3-30-20(27)17-12(2)23-21-25(18(17)14-5-4-6-16(11-14)26(28)29)24-19(31-21)13-7-9-15(22)10-8-13/h4-11,18H,3H2,1-2H3. The van der Waals surface area contributed by atoms with Gasteiger partial charge in [0.15, 0.2) is 5.17 Å². The average molecular weight is 457 g/mol. The molecule has 0 aliphatic carbocycles. The zero-order chi connectivity index (χ0) is 22.1. The number of carbonyl (C=O) groups excluding carboxylic acids is 1. The summed E-state index contributed by atoms with van der Waals surface area (Å²) in [4.78, 5) is 28.2. The predicted molar refractivity (Wildman–Crippen MR) is 120 cm³/mol. The molecule has 2 aromatic carbocycles. The Kier molecular flexibility index (Phi) is 5.79. The third kappa shape index (κ3) is 4.06. The number of thioether (sulfide) groups is 1. The molecule has 158 valence electrons. The number of aliphatic imine (C=N–C) groups is 1. The first-order valence-electron chi connectivity index (χ1n) is 9.41. The molecule has 2 aliphatic rings. The number of fused-ring (bicyclic) bond motifs is 1. The van der Waals surface area contributed by atoms with Gasteiger partial charge in [0.05, 0.1) is 22.8 Å².